The summed E-state index contributed by atoms with van der Waals surface area (Å²) in [6.45, 7) is 15.7. The van der Waals surface area contributed by atoms with E-state index in [0.29, 0.717) is 11.8 Å². The van der Waals surface area contributed by atoms with Gasteiger partial charge in [-0.25, -0.2) is 4.98 Å². The number of benzene rings is 5. The molecule has 9 rings (SSSR count). The lowest BCUT2D eigenvalue weighted by Crippen LogP contribution is -2.12. The fraction of sp³-hybridized carbons (Fsp3) is 0.191. The van der Waals surface area contributed by atoms with E-state index in [1.54, 1.807) is 0 Å². The summed E-state index contributed by atoms with van der Waals surface area (Å²) in [5.74, 6) is 1.05. The van der Waals surface area contributed by atoms with E-state index >= 15 is 0 Å². The highest BCUT2D eigenvalue weighted by Gasteiger charge is 2.22. The maximum atomic E-state index is 6.79. The predicted molar refractivity (Wildman–Crippen MR) is 214 cm³/mol. The fourth-order valence-electron chi connectivity index (χ4n) is 7.61. The first-order chi connectivity index (χ1) is 24.4. The number of rotatable bonds is 4. The van der Waals surface area contributed by atoms with E-state index in [9.17, 15) is 0 Å². The Bertz CT molecular complexity index is 2800. The molecule has 0 bridgehead atoms. The zero-order valence-corrected chi connectivity index (χ0v) is 30.3. The van der Waals surface area contributed by atoms with Crippen molar-refractivity contribution in [3.63, 3.8) is 0 Å². The van der Waals surface area contributed by atoms with Crippen LogP contribution in [0.25, 0.3) is 71.3 Å². The number of fused-ring (bicyclic) bond motifs is 4. The van der Waals surface area contributed by atoms with Gasteiger partial charge in [0.25, 0.3) is 0 Å². The number of aromatic nitrogens is 3. The highest BCUT2D eigenvalue weighted by atomic mass is 16.5. The van der Waals surface area contributed by atoms with Gasteiger partial charge in [0.05, 0.1) is 11.2 Å². The molecule has 9 aromatic rings. The molecule has 250 valence electrons. The molecule has 4 nitrogen and oxygen atoms in total. The predicted octanol–water partition coefficient (Wildman–Crippen LogP) is 12.8. The van der Waals surface area contributed by atoms with Gasteiger partial charge in [-0.3, -0.25) is 4.40 Å². The molecule has 0 amide bonds. The summed E-state index contributed by atoms with van der Waals surface area (Å²) < 4.78 is 9.05. The topological polar surface area (TPSA) is 39.4 Å². The fourth-order valence-corrected chi connectivity index (χ4v) is 7.61. The van der Waals surface area contributed by atoms with Crippen molar-refractivity contribution in [2.24, 2.45) is 0 Å². The zero-order valence-electron chi connectivity index (χ0n) is 30.3. The van der Waals surface area contributed by atoms with Crippen molar-refractivity contribution in [3.8, 4) is 34.1 Å². The molecule has 5 aromatic carbocycles. The van der Waals surface area contributed by atoms with E-state index < -0.39 is 0 Å². The molecule has 4 heterocycles. The lowest BCUT2D eigenvalue weighted by atomic mass is 9.85. The van der Waals surface area contributed by atoms with Crippen LogP contribution in [0.15, 0.2) is 121 Å². The van der Waals surface area contributed by atoms with Crippen LogP contribution in [0.4, 0.5) is 0 Å². The van der Waals surface area contributed by atoms with Crippen LogP contribution in [0, 0.1) is 6.92 Å². The van der Waals surface area contributed by atoms with Crippen LogP contribution in [-0.4, -0.2) is 14.4 Å². The Morgan fingerprint density at radius 2 is 1.22 bits per heavy atom. The van der Waals surface area contributed by atoms with Gasteiger partial charge in [-0.2, -0.15) is 4.98 Å². The third-order valence-corrected chi connectivity index (χ3v) is 10.4. The highest BCUT2D eigenvalue weighted by Crippen LogP contribution is 2.43. The molecule has 0 N–H and O–H groups in total. The maximum Gasteiger partial charge on any atom is 0.223 e. The second-order valence-electron chi connectivity index (χ2n) is 16.1. The first-order valence-electron chi connectivity index (χ1n) is 17.8. The van der Waals surface area contributed by atoms with E-state index in [4.69, 9.17) is 14.7 Å². The van der Waals surface area contributed by atoms with Crippen LogP contribution in [0.1, 0.15) is 58.2 Å². The molecular formula is C47H41N3O. The number of nitrogens with zero attached hydrogens (tertiary/aromatic N) is 3. The van der Waals surface area contributed by atoms with Crippen LogP contribution >= 0.6 is 0 Å². The molecule has 0 aliphatic carbocycles. The highest BCUT2D eigenvalue weighted by molar-refractivity contribution is 6.28. The number of ether oxygens (including phenoxy) is 1. The maximum absolute atomic E-state index is 6.79. The Labute approximate surface area is 298 Å². The summed E-state index contributed by atoms with van der Waals surface area (Å²) in [4.78, 5) is 10.4. The summed E-state index contributed by atoms with van der Waals surface area (Å²) >= 11 is 0. The Hall–Kier alpha value is -5.74. The largest absolute Gasteiger partial charge is 0.421 e. The Morgan fingerprint density at radius 3 is 2.00 bits per heavy atom. The molecule has 0 saturated heterocycles. The average molecular weight is 664 g/mol. The lowest BCUT2D eigenvalue weighted by Gasteiger charge is -2.22. The van der Waals surface area contributed by atoms with Gasteiger partial charge in [0.2, 0.25) is 11.8 Å². The number of para-hydroxylation sites is 1. The number of pyridine rings is 3. The standard InChI is InChI=1S/C47H41N3O/c1-28-27-50-44-35(28)17-12-18-37(44)38-23-32-22-33(46(2,3)4)19-20-36(32)39-26-42(49-45(50)43(38)39)51-41-25-34(47(5,6)7)24-40(48-41)31-16-11-15-30(21-31)29-13-9-8-10-14-29/h8-27H,1-7H3. The average Bonchev–Trinajstić information content (AvgIpc) is 3.46. The molecule has 0 saturated carbocycles. The molecule has 0 fully saturated rings. The first-order valence-corrected chi connectivity index (χ1v) is 17.8. The van der Waals surface area contributed by atoms with Crippen LogP contribution in [0.3, 0.4) is 0 Å². The van der Waals surface area contributed by atoms with E-state index in [-0.39, 0.29) is 10.8 Å². The molecule has 0 spiro atoms. The van der Waals surface area contributed by atoms with E-state index in [2.05, 4.69) is 168 Å². The van der Waals surface area contributed by atoms with Gasteiger partial charge in [-0.15, -0.1) is 0 Å². The molecule has 0 aliphatic rings. The first kappa shape index (κ1) is 31.3. The van der Waals surface area contributed by atoms with Crippen molar-refractivity contribution in [2.45, 2.75) is 59.3 Å². The number of aryl methyl sites for hydroxylation is 1. The molecular weight excluding hydrogens is 623 g/mol. The quantitative estimate of drug-likeness (QED) is 0.139. The van der Waals surface area contributed by atoms with Crippen molar-refractivity contribution in [1.29, 1.82) is 0 Å². The van der Waals surface area contributed by atoms with E-state index in [1.807, 2.05) is 6.07 Å². The third kappa shape index (κ3) is 5.20. The van der Waals surface area contributed by atoms with Crippen molar-refractivity contribution in [2.75, 3.05) is 0 Å². The summed E-state index contributed by atoms with van der Waals surface area (Å²) in [6, 6.07) is 41.3. The van der Waals surface area contributed by atoms with Gasteiger partial charge in [0.1, 0.15) is 5.65 Å². The Balaban J connectivity index is 1.27. The second kappa shape index (κ2) is 11.1. The molecule has 0 unspecified atom stereocenters. The number of hydrogen-bond donors (Lipinski definition) is 0. The molecule has 0 aliphatic heterocycles. The van der Waals surface area contributed by atoms with E-state index in [1.165, 1.54) is 49.1 Å². The van der Waals surface area contributed by atoms with Gasteiger partial charge in [-0.1, -0.05) is 126 Å². The molecule has 4 aromatic heterocycles. The molecule has 51 heavy (non-hydrogen) atoms. The molecule has 4 heteroatoms. The summed E-state index contributed by atoms with van der Waals surface area (Å²) in [5, 5.41) is 8.36. The number of hydrogen-bond acceptors (Lipinski definition) is 3. The van der Waals surface area contributed by atoms with Crippen molar-refractivity contribution in [1.82, 2.24) is 14.4 Å². The Morgan fingerprint density at radius 1 is 0.529 bits per heavy atom. The normalized spacial score (nSPS) is 12.6. The summed E-state index contributed by atoms with van der Waals surface area (Å²) in [7, 11) is 0. The van der Waals surface area contributed by atoms with Gasteiger partial charge in [0, 0.05) is 40.1 Å². The SMILES string of the molecule is Cc1cn2c3nc(Oc4cc(C(C)(C)C)cc(-c5cccc(-c6ccccc6)c5)n4)cc4c5ccc(C(C)(C)C)cc5cc(c5cccc1c52)c43. The Kier molecular flexibility index (Phi) is 6.82. The van der Waals surface area contributed by atoms with Crippen LogP contribution in [0.5, 0.6) is 11.8 Å². The van der Waals surface area contributed by atoms with Gasteiger partial charge in [-0.05, 0) is 85.3 Å². The van der Waals surface area contributed by atoms with Gasteiger partial charge >= 0.3 is 0 Å². The second-order valence-corrected chi connectivity index (χ2v) is 16.1. The minimum absolute atomic E-state index is 0.0337. The third-order valence-electron chi connectivity index (χ3n) is 10.4. The minimum atomic E-state index is -0.122. The summed E-state index contributed by atoms with van der Waals surface area (Å²) in [6.07, 6.45) is 2.21. The monoisotopic (exact) mass is 663 g/mol. The van der Waals surface area contributed by atoms with Crippen molar-refractivity contribution in [3.05, 3.63) is 138 Å². The van der Waals surface area contributed by atoms with Crippen LogP contribution in [-0.2, 0) is 10.8 Å². The van der Waals surface area contributed by atoms with Gasteiger partial charge < -0.3 is 4.74 Å². The van der Waals surface area contributed by atoms with Gasteiger partial charge in [0.15, 0.2) is 0 Å². The van der Waals surface area contributed by atoms with Crippen LogP contribution < -0.4 is 4.74 Å². The zero-order chi connectivity index (χ0) is 35.2. The van der Waals surface area contributed by atoms with E-state index in [0.717, 1.165) is 38.8 Å². The lowest BCUT2D eigenvalue weighted by molar-refractivity contribution is 0.444. The molecule has 0 atom stereocenters. The summed E-state index contributed by atoms with van der Waals surface area (Å²) in [5.41, 5.74) is 9.91. The van der Waals surface area contributed by atoms with Crippen molar-refractivity contribution >= 4 is 48.9 Å². The smallest absolute Gasteiger partial charge is 0.223 e. The van der Waals surface area contributed by atoms with Crippen LogP contribution in [0.2, 0.25) is 0 Å². The van der Waals surface area contributed by atoms with Crippen molar-refractivity contribution < 1.29 is 4.74 Å². The molecule has 0 radical (unpaired) electrons. The minimum Gasteiger partial charge on any atom is -0.421 e.